The molecule has 2 amide bonds. The first-order chi connectivity index (χ1) is 7.54. The Bertz CT molecular complexity index is 238. The maximum atomic E-state index is 10.6. The molecule has 0 aromatic carbocycles. The standard InChI is InChI=1S/C12H21N2O2.2CH3.Ti/c1-4-9-10(13-7-15)5-12(2,3)6-11(9)14-8-16;;;/h7-10H,4-6H2,1-3H3,(H,13,15)(H,14,16);2*1H3;/q3*-1;+3. The Morgan fingerprint density at radius 3 is 2.26 bits per heavy atom. The molecule has 2 unspecified atom stereocenters. The van der Waals surface area contributed by atoms with Gasteiger partial charge in [0.15, 0.2) is 6.41 Å². The zero-order valence-electron chi connectivity index (χ0n) is 12.7. The van der Waals surface area contributed by atoms with Crippen LogP contribution in [-0.2, 0) is 31.3 Å². The average Bonchev–Trinajstić information content (AvgIpc) is 2.17. The van der Waals surface area contributed by atoms with E-state index in [2.05, 4.69) is 31.4 Å². The summed E-state index contributed by atoms with van der Waals surface area (Å²) in [6, 6.07) is 1.18. The topological polar surface area (TPSA) is 58.2 Å². The van der Waals surface area contributed by atoms with Crippen molar-refractivity contribution in [2.75, 3.05) is 0 Å². The number of amides is 2. The van der Waals surface area contributed by atoms with Crippen LogP contribution in [0.3, 0.4) is 0 Å². The maximum absolute atomic E-state index is 10.6. The van der Waals surface area contributed by atoms with Crippen molar-refractivity contribution in [1.29, 1.82) is 0 Å². The Kier molecular flexibility index (Phi) is 13.0. The van der Waals surface area contributed by atoms with Crippen LogP contribution in [0.1, 0.15) is 40.0 Å². The molecule has 1 saturated carbocycles. The van der Waals surface area contributed by atoms with Crippen molar-refractivity contribution in [3.05, 3.63) is 20.9 Å². The van der Waals surface area contributed by atoms with Crippen LogP contribution in [-0.4, -0.2) is 18.9 Å². The smallest absolute Gasteiger partial charge is 0.505 e. The van der Waals surface area contributed by atoms with Crippen molar-refractivity contribution >= 4 is 12.8 Å². The van der Waals surface area contributed by atoms with E-state index in [1.165, 1.54) is 0 Å². The first-order valence-electron chi connectivity index (χ1n) is 5.79. The van der Waals surface area contributed by atoms with E-state index in [-0.39, 0.29) is 53.9 Å². The van der Waals surface area contributed by atoms with E-state index in [9.17, 15) is 9.59 Å². The SMILES string of the molecule is CCC1[C-](NC=O)CC(C)(C)CC1NC=O.[CH3-].[CH3-].[Ti+3]. The minimum absolute atomic E-state index is 0. The molecule has 2 N–H and O–H groups in total. The molecule has 4 nitrogen and oxygen atoms in total. The summed E-state index contributed by atoms with van der Waals surface area (Å²) in [4.78, 5) is 21.2. The van der Waals surface area contributed by atoms with Crippen LogP contribution in [0.15, 0.2) is 0 Å². The quantitative estimate of drug-likeness (QED) is 0.464. The van der Waals surface area contributed by atoms with Crippen molar-refractivity contribution in [1.82, 2.24) is 10.6 Å². The zero-order chi connectivity index (χ0) is 12.2. The van der Waals surface area contributed by atoms with Crippen LogP contribution >= 0.6 is 0 Å². The normalized spacial score (nSPS) is 24.8. The van der Waals surface area contributed by atoms with Gasteiger partial charge in [0.25, 0.3) is 0 Å². The van der Waals surface area contributed by atoms with E-state index < -0.39 is 0 Å². The fraction of sp³-hybridized carbons (Fsp3) is 0.643. The van der Waals surface area contributed by atoms with Crippen LogP contribution in [0.2, 0.25) is 0 Å². The number of rotatable bonds is 5. The summed E-state index contributed by atoms with van der Waals surface area (Å²) in [5.41, 5.74) is 0.123. The molecule has 1 radical (unpaired) electrons. The summed E-state index contributed by atoms with van der Waals surface area (Å²) in [5, 5.41) is 5.68. The summed E-state index contributed by atoms with van der Waals surface area (Å²) < 4.78 is 0. The second kappa shape index (κ2) is 10.4. The van der Waals surface area contributed by atoms with Gasteiger partial charge in [-0.3, -0.25) is 9.59 Å². The summed E-state index contributed by atoms with van der Waals surface area (Å²) >= 11 is 0. The van der Waals surface area contributed by atoms with Crippen molar-refractivity contribution in [3.63, 3.8) is 0 Å². The van der Waals surface area contributed by atoms with Crippen LogP contribution < -0.4 is 10.6 Å². The average molecular weight is 303 g/mol. The largest absolute Gasteiger partial charge is 3.00 e. The summed E-state index contributed by atoms with van der Waals surface area (Å²) in [6.45, 7) is 6.39. The van der Waals surface area contributed by atoms with Gasteiger partial charge in [-0.15, -0.1) is 5.92 Å². The summed E-state index contributed by atoms with van der Waals surface area (Å²) in [6.07, 6.45) is 4.26. The molecular weight excluding hydrogens is 276 g/mol. The van der Waals surface area contributed by atoms with Gasteiger partial charge < -0.3 is 25.5 Å². The molecule has 0 heterocycles. The molecule has 1 fully saturated rings. The summed E-state index contributed by atoms with van der Waals surface area (Å²) in [7, 11) is 0. The predicted octanol–water partition coefficient (Wildman–Crippen LogP) is 2.12. The molecule has 1 aliphatic carbocycles. The molecule has 0 aliphatic heterocycles. The molecule has 0 spiro atoms. The Hall–Kier alpha value is -0.346. The minimum Gasteiger partial charge on any atom is -0.505 e. The van der Waals surface area contributed by atoms with Gasteiger partial charge in [-0.2, -0.15) is 6.42 Å². The Morgan fingerprint density at radius 2 is 1.84 bits per heavy atom. The van der Waals surface area contributed by atoms with Gasteiger partial charge in [0, 0.05) is 6.04 Å². The minimum atomic E-state index is 0. The maximum Gasteiger partial charge on any atom is 3.00 e. The van der Waals surface area contributed by atoms with E-state index in [0.29, 0.717) is 0 Å². The molecule has 109 valence electrons. The fourth-order valence-corrected chi connectivity index (χ4v) is 2.73. The first kappa shape index (κ1) is 23.7. The van der Waals surface area contributed by atoms with Gasteiger partial charge in [-0.25, -0.2) is 6.04 Å². The van der Waals surface area contributed by atoms with Gasteiger partial charge in [0.05, 0.1) is 0 Å². The molecule has 5 heteroatoms. The number of carbonyl (C=O) groups excluding carboxylic acids is 2. The number of hydrogen-bond donors (Lipinski definition) is 2. The van der Waals surface area contributed by atoms with Gasteiger partial charge in [-0.1, -0.05) is 32.6 Å². The third-order valence-corrected chi connectivity index (χ3v) is 3.34. The first-order valence-corrected chi connectivity index (χ1v) is 5.79. The van der Waals surface area contributed by atoms with Crippen LogP contribution in [0, 0.1) is 32.2 Å². The molecule has 0 aromatic rings. The number of nitrogens with one attached hydrogen (secondary N) is 2. The number of carbonyl (C=O) groups is 2. The Labute approximate surface area is 133 Å². The summed E-state index contributed by atoms with van der Waals surface area (Å²) in [5.74, 6) is 0.253. The molecule has 0 aromatic heterocycles. The second-order valence-electron chi connectivity index (χ2n) is 5.24. The molecule has 2 atom stereocenters. The van der Waals surface area contributed by atoms with Crippen LogP contribution in [0.25, 0.3) is 0 Å². The molecule has 0 saturated heterocycles. The number of hydrogen-bond acceptors (Lipinski definition) is 2. The van der Waals surface area contributed by atoms with Gasteiger partial charge in [-0.05, 0) is 6.42 Å². The molecule has 1 rings (SSSR count). The van der Waals surface area contributed by atoms with Crippen molar-refractivity contribution in [2.45, 2.75) is 46.1 Å². The predicted molar refractivity (Wildman–Crippen MR) is 75.1 cm³/mol. The molecular formula is C14H27N2O2Ti. The van der Waals surface area contributed by atoms with E-state index >= 15 is 0 Å². The van der Waals surface area contributed by atoms with Crippen LogP contribution in [0.4, 0.5) is 0 Å². The third kappa shape index (κ3) is 6.57. The second-order valence-corrected chi connectivity index (χ2v) is 5.24. The zero-order valence-corrected chi connectivity index (χ0v) is 14.3. The Morgan fingerprint density at radius 1 is 1.26 bits per heavy atom. The van der Waals surface area contributed by atoms with E-state index in [0.717, 1.165) is 38.1 Å². The van der Waals surface area contributed by atoms with Crippen LogP contribution in [0.5, 0.6) is 0 Å². The van der Waals surface area contributed by atoms with E-state index in [1.807, 2.05) is 0 Å². The Balaban J connectivity index is -0.000000853. The van der Waals surface area contributed by atoms with Gasteiger partial charge in [0.2, 0.25) is 6.41 Å². The fourth-order valence-electron chi connectivity index (χ4n) is 2.73. The van der Waals surface area contributed by atoms with Gasteiger partial charge >= 0.3 is 21.7 Å². The van der Waals surface area contributed by atoms with E-state index in [1.54, 1.807) is 0 Å². The molecule has 0 bridgehead atoms. The van der Waals surface area contributed by atoms with Gasteiger partial charge in [0.1, 0.15) is 0 Å². The molecule has 1 aliphatic rings. The van der Waals surface area contributed by atoms with Crippen molar-refractivity contribution in [3.8, 4) is 0 Å². The monoisotopic (exact) mass is 303 g/mol. The van der Waals surface area contributed by atoms with E-state index in [4.69, 9.17) is 0 Å². The van der Waals surface area contributed by atoms with Crippen molar-refractivity contribution in [2.24, 2.45) is 11.3 Å². The van der Waals surface area contributed by atoms with Crippen molar-refractivity contribution < 1.29 is 31.3 Å². The molecule has 19 heavy (non-hydrogen) atoms. The third-order valence-electron chi connectivity index (χ3n) is 3.34.